The number of carbonyl (C=O) groups is 1. The fourth-order valence-corrected chi connectivity index (χ4v) is 2.52. The van der Waals surface area contributed by atoms with Crippen LogP contribution < -0.4 is 4.90 Å². The van der Waals surface area contributed by atoms with E-state index in [9.17, 15) is 4.79 Å². The van der Waals surface area contributed by atoms with Crippen molar-refractivity contribution in [1.29, 1.82) is 0 Å². The molecule has 0 spiro atoms. The summed E-state index contributed by atoms with van der Waals surface area (Å²) in [5.41, 5.74) is 2.24. The topological polar surface area (TPSA) is 66.3 Å². The Hall–Kier alpha value is -2.43. The molecule has 2 heterocycles. The van der Waals surface area contributed by atoms with Crippen LogP contribution in [0.3, 0.4) is 0 Å². The smallest absolute Gasteiger partial charge is 0.335 e. The lowest BCUT2D eigenvalue weighted by molar-refractivity contribution is 0.0697. The van der Waals surface area contributed by atoms with Crippen molar-refractivity contribution in [2.24, 2.45) is 0 Å². The van der Waals surface area contributed by atoms with Crippen molar-refractivity contribution in [3.05, 3.63) is 41.7 Å². The van der Waals surface area contributed by atoms with Crippen molar-refractivity contribution < 1.29 is 9.90 Å². The lowest BCUT2D eigenvalue weighted by Crippen LogP contribution is -2.30. The first-order valence-electron chi connectivity index (χ1n) is 6.54. The molecule has 0 saturated heterocycles. The highest BCUT2D eigenvalue weighted by molar-refractivity contribution is 5.96. The molecule has 0 unspecified atom stereocenters. The lowest BCUT2D eigenvalue weighted by Gasteiger charge is -2.28. The molecule has 0 aliphatic carbocycles. The number of fused-ring (bicyclic) bond motifs is 1. The number of anilines is 1. The summed E-state index contributed by atoms with van der Waals surface area (Å²) in [5.74, 6) is -0.0665. The molecule has 0 amide bonds. The Kier molecular flexibility index (Phi) is 3.10. The second-order valence-corrected chi connectivity index (χ2v) is 5.00. The summed E-state index contributed by atoms with van der Waals surface area (Å²) >= 11 is 0. The molecular weight excluding hydrogens is 254 g/mol. The van der Waals surface area contributed by atoms with E-state index in [4.69, 9.17) is 5.11 Å². The molecule has 3 rings (SSSR count). The first kappa shape index (κ1) is 12.6. The second-order valence-electron chi connectivity index (χ2n) is 5.00. The third-order valence-corrected chi connectivity index (χ3v) is 3.49. The predicted octanol–water partition coefficient (Wildman–Crippen LogP) is 2.48. The first-order chi connectivity index (χ1) is 9.65. The number of rotatable bonds is 2. The number of carboxylic acid groups (broad SMARTS) is 1. The summed E-state index contributed by atoms with van der Waals surface area (Å²) < 4.78 is 0. The molecule has 0 radical (unpaired) electrons. The van der Waals surface area contributed by atoms with Gasteiger partial charge in [-0.05, 0) is 31.5 Å². The number of benzene rings is 1. The predicted molar refractivity (Wildman–Crippen MR) is 77.1 cm³/mol. The lowest BCUT2D eigenvalue weighted by atomic mass is 10.1. The van der Waals surface area contributed by atoms with E-state index in [0.29, 0.717) is 5.52 Å². The number of hydrogen-bond acceptors (Lipinski definition) is 4. The van der Waals surface area contributed by atoms with Crippen LogP contribution in [0.5, 0.6) is 0 Å². The first-order valence-corrected chi connectivity index (χ1v) is 6.54. The maximum Gasteiger partial charge on any atom is 0.335 e. The SMILES string of the molecule is CC1=CCCN(c2ncnc3cc(C(=O)O)ccc23)C1. The summed E-state index contributed by atoms with van der Waals surface area (Å²) in [6.07, 6.45) is 4.74. The summed E-state index contributed by atoms with van der Waals surface area (Å²) in [5, 5.41) is 9.93. The van der Waals surface area contributed by atoms with Gasteiger partial charge in [-0.1, -0.05) is 11.6 Å². The zero-order chi connectivity index (χ0) is 14.1. The summed E-state index contributed by atoms with van der Waals surface area (Å²) in [4.78, 5) is 21.8. The highest BCUT2D eigenvalue weighted by Crippen LogP contribution is 2.26. The molecule has 0 saturated carbocycles. The zero-order valence-electron chi connectivity index (χ0n) is 11.2. The zero-order valence-corrected chi connectivity index (χ0v) is 11.2. The highest BCUT2D eigenvalue weighted by atomic mass is 16.4. The van der Waals surface area contributed by atoms with Crippen molar-refractivity contribution in [3.63, 3.8) is 0 Å². The van der Waals surface area contributed by atoms with Gasteiger partial charge in [0.1, 0.15) is 12.1 Å². The molecule has 0 fully saturated rings. The Morgan fingerprint density at radius 3 is 2.95 bits per heavy atom. The van der Waals surface area contributed by atoms with E-state index in [0.717, 1.165) is 30.7 Å². The molecule has 1 aromatic carbocycles. The van der Waals surface area contributed by atoms with Gasteiger partial charge in [0, 0.05) is 18.5 Å². The van der Waals surface area contributed by atoms with E-state index >= 15 is 0 Å². The van der Waals surface area contributed by atoms with E-state index in [1.807, 2.05) is 0 Å². The van der Waals surface area contributed by atoms with Crippen LogP contribution in [0.2, 0.25) is 0 Å². The number of aromatic nitrogens is 2. The molecule has 20 heavy (non-hydrogen) atoms. The van der Waals surface area contributed by atoms with Gasteiger partial charge in [0.2, 0.25) is 0 Å². The Bertz CT molecular complexity index is 709. The molecular formula is C15H15N3O2. The highest BCUT2D eigenvalue weighted by Gasteiger charge is 2.16. The van der Waals surface area contributed by atoms with Crippen LogP contribution >= 0.6 is 0 Å². The van der Waals surface area contributed by atoms with Gasteiger partial charge in [-0.3, -0.25) is 0 Å². The Morgan fingerprint density at radius 1 is 1.35 bits per heavy atom. The van der Waals surface area contributed by atoms with E-state index in [2.05, 4.69) is 27.9 Å². The van der Waals surface area contributed by atoms with E-state index in [-0.39, 0.29) is 5.56 Å². The minimum atomic E-state index is -0.941. The maximum atomic E-state index is 11.0. The van der Waals surface area contributed by atoms with Gasteiger partial charge in [0.05, 0.1) is 11.1 Å². The van der Waals surface area contributed by atoms with Crippen LogP contribution in [-0.2, 0) is 0 Å². The van der Waals surface area contributed by atoms with Crippen LogP contribution in [0, 0.1) is 0 Å². The van der Waals surface area contributed by atoms with Gasteiger partial charge in [-0.15, -0.1) is 0 Å². The van der Waals surface area contributed by atoms with Gasteiger partial charge in [-0.25, -0.2) is 14.8 Å². The fourth-order valence-electron chi connectivity index (χ4n) is 2.52. The third kappa shape index (κ3) is 2.22. The average molecular weight is 269 g/mol. The van der Waals surface area contributed by atoms with Crippen LogP contribution in [0.1, 0.15) is 23.7 Å². The second kappa shape index (κ2) is 4.92. The normalized spacial score (nSPS) is 15.2. The van der Waals surface area contributed by atoms with Crippen molar-refractivity contribution in [2.75, 3.05) is 18.0 Å². The molecule has 2 aromatic rings. The van der Waals surface area contributed by atoms with Crippen molar-refractivity contribution in [1.82, 2.24) is 9.97 Å². The van der Waals surface area contributed by atoms with Gasteiger partial charge >= 0.3 is 5.97 Å². The van der Waals surface area contributed by atoms with Crippen molar-refractivity contribution >= 4 is 22.7 Å². The average Bonchev–Trinajstić information content (AvgIpc) is 2.46. The Balaban J connectivity index is 2.08. The molecule has 5 nitrogen and oxygen atoms in total. The van der Waals surface area contributed by atoms with E-state index in [1.165, 1.54) is 11.9 Å². The Labute approximate surface area is 116 Å². The monoisotopic (exact) mass is 269 g/mol. The van der Waals surface area contributed by atoms with Crippen molar-refractivity contribution in [3.8, 4) is 0 Å². The van der Waals surface area contributed by atoms with E-state index in [1.54, 1.807) is 18.2 Å². The summed E-state index contributed by atoms with van der Waals surface area (Å²) in [7, 11) is 0. The molecule has 1 aromatic heterocycles. The standard InChI is InChI=1S/C15H15N3O2/c1-10-3-2-6-18(8-10)14-12-5-4-11(15(19)20)7-13(12)16-9-17-14/h3-5,7,9H,2,6,8H2,1H3,(H,19,20). The molecule has 1 aliphatic heterocycles. The molecule has 1 N–H and O–H groups in total. The number of hydrogen-bond donors (Lipinski definition) is 1. The number of carboxylic acids is 1. The van der Waals surface area contributed by atoms with Crippen LogP contribution in [0.15, 0.2) is 36.2 Å². The third-order valence-electron chi connectivity index (χ3n) is 3.49. The molecule has 102 valence electrons. The largest absolute Gasteiger partial charge is 0.478 e. The number of aromatic carboxylic acids is 1. The van der Waals surface area contributed by atoms with E-state index < -0.39 is 5.97 Å². The minimum Gasteiger partial charge on any atom is -0.478 e. The number of nitrogens with zero attached hydrogens (tertiary/aromatic N) is 3. The maximum absolute atomic E-state index is 11.0. The minimum absolute atomic E-state index is 0.247. The Morgan fingerprint density at radius 2 is 2.20 bits per heavy atom. The molecule has 0 bridgehead atoms. The van der Waals surface area contributed by atoms with Crippen LogP contribution in [0.25, 0.3) is 10.9 Å². The quantitative estimate of drug-likeness (QED) is 0.848. The fraction of sp³-hybridized carbons (Fsp3) is 0.267. The van der Waals surface area contributed by atoms with Crippen molar-refractivity contribution in [2.45, 2.75) is 13.3 Å². The van der Waals surface area contributed by atoms with Gasteiger partial charge in [0.25, 0.3) is 0 Å². The molecule has 0 atom stereocenters. The molecule has 1 aliphatic rings. The summed E-state index contributed by atoms with van der Waals surface area (Å²) in [6, 6.07) is 4.99. The van der Waals surface area contributed by atoms with Crippen LogP contribution in [0.4, 0.5) is 5.82 Å². The van der Waals surface area contributed by atoms with Gasteiger partial charge in [0.15, 0.2) is 0 Å². The molecule has 5 heteroatoms. The van der Waals surface area contributed by atoms with Crippen LogP contribution in [-0.4, -0.2) is 34.1 Å². The van der Waals surface area contributed by atoms with Gasteiger partial charge < -0.3 is 10.0 Å². The van der Waals surface area contributed by atoms with Gasteiger partial charge in [-0.2, -0.15) is 0 Å². The summed E-state index contributed by atoms with van der Waals surface area (Å²) in [6.45, 7) is 3.88.